The van der Waals surface area contributed by atoms with Gasteiger partial charge in [0.15, 0.2) is 11.5 Å². The van der Waals surface area contributed by atoms with Crippen molar-refractivity contribution in [1.82, 2.24) is 9.78 Å². The number of hydrogen-bond donors (Lipinski definition) is 1. The van der Waals surface area contributed by atoms with Gasteiger partial charge in [0, 0.05) is 0 Å². The van der Waals surface area contributed by atoms with Crippen LogP contribution in [0.15, 0.2) is 64.6 Å². The number of anilines is 1. The van der Waals surface area contributed by atoms with Gasteiger partial charge in [0.05, 0.1) is 31.3 Å². The Morgan fingerprint density at radius 2 is 1.83 bits per heavy atom. The lowest BCUT2D eigenvalue weighted by Crippen LogP contribution is -2.22. The molecule has 3 aromatic rings. The van der Waals surface area contributed by atoms with Gasteiger partial charge in [-0.05, 0) is 49.7 Å². The number of para-hydroxylation sites is 1. The van der Waals surface area contributed by atoms with E-state index in [0.717, 1.165) is 5.56 Å². The van der Waals surface area contributed by atoms with Gasteiger partial charge in [-0.1, -0.05) is 29.8 Å². The number of rotatable bonds is 8. The van der Waals surface area contributed by atoms with Crippen LogP contribution in [0, 0.1) is 0 Å². The van der Waals surface area contributed by atoms with Crippen molar-refractivity contribution in [3.63, 3.8) is 0 Å². The molecule has 1 N–H and O–H groups in total. The number of ether oxygens (including phenoxy) is 2. The van der Waals surface area contributed by atoms with Gasteiger partial charge >= 0.3 is 0 Å². The van der Waals surface area contributed by atoms with E-state index in [1.54, 1.807) is 18.3 Å². The topological polar surface area (TPSA) is 77.7 Å². The number of nitrogens with zero attached hydrogens (tertiary/aromatic N) is 3. The van der Waals surface area contributed by atoms with E-state index in [0.29, 0.717) is 36.1 Å². The van der Waals surface area contributed by atoms with Gasteiger partial charge in [0.1, 0.15) is 10.7 Å². The van der Waals surface area contributed by atoms with Crippen LogP contribution in [0.1, 0.15) is 19.4 Å². The Labute approximate surface area is 173 Å². The van der Waals surface area contributed by atoms with E-state index in [1.807, 2.05) is 50.2 Å². The molecule has 0 atom stereocenters. The van der Waals surface area contributed by atoms with Gasteiger partial charge in [-0.25, -0.2) is 0 Å². The fraction of sp³-hybridized carbons (Fsp3) is 0.190. The number of halogens is 1. The molecule has 29 heavy (non-hydrogen) atoms. The second kappa shape index (κ2) is 9.75. The van der Waals surface area contributed by atoms with Crippen LogP contribution in [-0.4, -0.2) is 29.2 Å². The third-order valence-corrected chi connectivity index (χ3v) is 4.25. The van der Waals surface area contributed by atoms with Gasteiger partial charge in [-0.2, -0.15) is 14.9 Å². The molecule has 0 fully saturated rings. The van der Waals surface area contributed by atoms with Crippen LogP contribution in [0.5, 0.6) is 11.5 Å². The maximum Gasteiger partial charge on any atom is 0.292 e. The largest absolute Gasteiger partial charge is 0.490 e. The molecule has 0 aliphatic carbocycles. The molecule has 0 unspecified atom stereocenters. The molecule has 0 radical (unpaired) electrons. The second-order valence-electron chi connectivity index (χ2n) is 5.87. The molecule has 1 heterocycles. The van der Waals surface area contributed by atoms with Crippen molar-refractivity contribution in [1.29, 1.82) is 0 Å². The highest BCUT2D eigenvalue weighted by Gasteiger charge is 2.10. The van der Waals surface area contributed by atoms with Crippen LogP contribution in [0.2, 0.25) is 5.02 Å². The summed E-state index contributed by atoms with van der Waals surface area (Å²) in [6.45, 7) is 4.90. The predicted molar refractivity (Wildman–Crippen MR) is 115 cm³/mol. The number of benzene rings is 2. The third-order valence-electron chi connectivity index (χ3n) is 3.89. The second-order valence-corrected chi connectivity index (χ2v) is 6.24. The first kappa shape index (κ1) is 20.4. The van der Waals surface area contributed by atoms with Crippen LogP contribution in [0.25, 0.3) is 5.69 Å². The molecule has 7 nitrogen and oxygen atoms in total. The van der Waals surface area contributed by atoms with Crippen molar-refractivity contribution in [2.75, 3.05) is 18.6 Å². The quantitative estimate of drug-likeness (QED) is 0.444. The Morgan fingerprint density at radius 1 is 1.10 bits per heavy atom. The van der Waals surface area contributed by atoms with Gasteiger partial charge in [-0.15, -0.1) is 0 Å². The first-order valence-electron chi connectivity index (χ1n) is 9.16. The molecule has 0 bridgehead atoms. The fourth-order valence-corrected chi connectivity index (χ4v) is 2.76. The first-order chi connectivity index (χ1) is 14.1. The molecule has 0 saturated carbocycles. The maximum absolute atomic E-state index is 12.5. The van der Waals surface area contributed by atoms with Crippen LogP contribution in [0.3, 0.4) is 0 Å². The Hall–Kier alpha value is -3.32. The van der Waals surface area contributed by atoms with Gasteiger partial charge in [0.25, 0.3) is 5.56 Å². The Morgan fingerprint density at radius 3 is 2.55 bits per heavy atom. The van der Waals surface area contributed by atoms with E-state index in [2.05, 4.69) is 15.6 Å². The summed E-state index contributed by atoms with van der Waals surface area (Å²) in [5, 5.41) is 8.30. The van der Waals surface area contributed by atoms with Gasteiger partial charge < -0.3 is 9.47 Å². The average molecular weight is 413 g/mol. The standard InChI is InChI=1S/C21H21ClN4O3/c1-3-28-18-11-10-15(12-19(18)29-4-2)13-23-25-17-14-24-26(21(27)20(17)22)16-8-6-5-7-9-16/h5-14,25H,3-4H2,1-2H3/b23-13-. The van der Waals surface area contributed by atoms with Crippen LogP contribution < -0.4 is 20.5 Å². The van der Waals surface area contributed by atoms with Crippen molar-refractivity contribution < 1.29 is 9.47 Å². The Bertz CT molecular complexity index is 1050. The Kier molecular flexibility index (Phi) is 6.86. The van der Waals surface area contributed by atoms with E-state index in [9.17, 15) is 4.79 Å². The molecular formula is C21H21ClN4O3. The molecule has 8 heteroatoms. The summed E-state index contributed by atoms with van der Waals surface area (Å²) in [6, 6.07) is 14.6. The van der Waals surface area contributed by atoms with Crippen molar-refractivity contribution in [3.8, 4) is 17.2 Å². The van der Waals surface area contributed by atoms with Crippen LogP contribution in [-0.2, 0) is 0 Å². The van der Waals surface area contributed by atoms with Crippen LogP contribution >= 0.6 is 11.6 Å². The SMILES string of the molecule is CCOc1ccc(/C=N\Nc2cnn(-c3ccccc3)c(=O)c2Cl)cc1OCC. The first-order valence-corrected chi connectivity index (χ1v) is 9.53. The zero-order valence-corrected chi connectivity index (χ0v) is 16.9. The predicted octanol–water partition coefficient (Wildman–Crippen LogP) is 4.13. The van der Waals surface area contributed by atoms with Crippen LogP contribution in [0.4, 0.5) is 5.69 Å². The highest BCUT2D eigenvalue weighted by atomic mass is 35.5. The van der Waals surface area contributed by atoms with Crippen molar-refractivity contribution in [3.05, 3.63) is 75.7 Å². The Balaban J connectivity index is 1.78. The number of nitrogens with one attached hydrogen (secondary N) is 1. The summed E-state index contributed by atoms with van der Waals surface area (Å²) >= 11 is 6.21. The summed E-state index contributed by atoms with van der Waals surface area (Å²) in [6.07, 6.45) is 3.05. The minimum absolute atomic E-state index is 0.00250. The molecule has 150 valence electrons. The zero-order chi connectivity index (χ0) is 20.6. The zero-order valence-electron chi connectivity index (χ0n) is 16.1. The molecule has 0 aliphatic rings. The maximum atomic E-state index is 12.5. The summed E-state index contributed by atoms with van der Waals surface area (Å²) in [5.74, 6) is 1.32. The van der Waals surface area contributed by atoms with Crippen molar-refractivity contribution in [2.45, 2.75) is 13.8 Å². The number of hydrazone groups is 1. The molecule has 2 aromatic carbocycles. The molecular weight excluding hydrogens is 392 g/mol. The molecule has 3 rings (SSSR count). The molecule has 0 saturated heterocycles. The monoisotopic (exact) mass is 412 g/mol. The van der Waals surface area contributed by atoms with E-state index >= 15 is 0 Å². The smallest absolute Gasteiger partial charge is 0.292 e. The lowest BCUT2D eigenvalue weighted by Gasteiger charge is -2.11. The van der Waals surface area contributed by atoms with Gasteiger partial charge in [0.2, 0.25) is 0 Å². The van der Waals surface area contributed by atoms with Crippen molar-refractivity contribution >= 4 is 23.5 Å². The molecule has 0 spiro atoms. The summed E-state index contributed by atoms with van der Waals surface area (Å²) in [4.78, 5) is 12.5. The average Bonchev–Trinajstić information content (AvgIpc) is 2.74. The minimum Gasteiger partial charge on any atom is -0.490 e. The van der Waals surface area contributed by atoms with Crippen molar-refractivity contribution in [2.24, 2.45) is 5.10 Å². The summed E-state index contributed by atoms with van der Waals surface area (Å²) in [7, 11) is 0. The fourth-order valence-electron chi connectivity index (χ4n) is 2.59. The molecule has 0 aliphatic heterocycles. The van der Waals surface area contributed by atoms with E-state index in [4.69, 9.17) is 21.1 Å². The molecule has 1 aromatic heterocycles. The highest BCUT2D eigenvalue weighted by Crippen LogP contribution is 2.28. The third kappa shape index (κ3) is 4.94. The highest BCUT2D eigenvalue weighted by molar-refractivity contribution is 6.32. The lowest BCUT2D eigenvalue weighted by atomic mass is 10.2. The summed E-state index contributed by atoms with van der Waals surface area (Å²) < 4.78 is 12.4. The minimum atomic E-state index is -0.433. The van der Waals surface area contributed by atoms with E-state index < -0.39 is 5.56 Å². The van der Waals surface area contributed by atoms with E-state index in [1.165, 1.54) is 10.9 Å². The number of hydrogen-bond acceptors (Lipinski definition) is 6. The number of aromatic nitrogens is 2. The normalized spacial score (nSPS) is 10.9. The van der Waals surface area contributed by atoms with Gasteiger partial charge in [-0.3, -0.25) is 10.2 Å². The summed E-state index contributed by atoms with van der Waals surface area (Å²) in [5.41, 5.74) is 4.07. The molecule has 0 amide bonds. The lowest BCUT2D eigenvalue weighted by molar-refractivity contribution is 0.288. The van der Waals surface area contributed by atoms with E-state index in [-0.39, 0.29) is 5.02 Å².